The summed E-state index contributed by atoms with van der Waals surface area (Å²) in [6, 6.07) is 10.7. The highest BCUT2D eigenvalue weighted by molar-refractivity contribution is 6.02. The van der Waals surface area contributed by atoms with Crippen molar-refractivity contribution in [3.05, 3.63) is 48.0 Å². The molecule has 1 aromatic heterocycles. The van der Waals surface area contributed by atoms with E-state index in [9.17, 15) is 4.79 Å². The van der Waals surface area contributed by atoms with Crippen LogP contribution in [0.25, 0.3) is 17.5 Å². The van der Waals surface area contributed by atoms with Gasteiger partial charge < -0.3 is 19.5 Å². The highest BCUT2D eigenvalue weighted by atomic mass is 16.5. The Bertz CT molecular complexity index is 1050. The third-order valence-corrected chi connectivity index (χ3v) is 4.16. The number of rotatable bonds is 7. The molecule has 9 heteroatoms. The molecule has 0 spiro atoms. The van der Waals surface area contributed by atoms with E-state index in [4.69, 9.17) is 14.2 Å². The van der Waals surface area contributed by atoms with Gasteiger partial charge in [0, 0.05) is 36.0 Å². The molecule has 0 aliphatic carbocycles. The molecule has 0 saturated heterocycles. The lowest BCUT2D eigenvalue weighted by Crippen LogP contribution is -2.08. The Kier molecular flexibility index (Phi) is 6.08. The summed E-state index contributed by atoms with van der Waals surface area (Å²) >= 11 is 0. The molecule has 1 amide bonds. The van der Waals surface area contributed by atoms with Crippen LogP contribution in [0.2, 0.25) is 0 Å². The molecule has 0 atom stereocenters. The molecule has 3 rings (SSSR count). The molecule has 1 N–H and O–H groups in total. The van der Waals surface area contributed by atoms with Crippen LogP contribution in [-0.2, 0) is 11.8 Å². The number of benzene rings is 2. The van der Waals surface area contributed by atoms with Crippen molar-refractivity contribution in [2.75, 3.05) is 26.6 Å². The minimum Gasteiger partial charge on any atom is -0.496 e. The smallest absolute Gasteiger partial charge is 0.248 e. The summed E-state index contributed by atoms with van der Waals surface area (Å²) in [6.45, 7) is 0. The molecule has 29 heavy (non-hydrogen) atoms. The second kappa shape index (κ2) is 8.87. The molecule has 0 fully saturated rings. The van der Waals surface area contributed by atoms with Gasteiger partial charge in [-0.25, -0.2) is 4.68 Å². The first-order valence-electron chi connectivity index (χ1n) is 8.67. The van der Waals surface area contributed by atoms with Crippen molar-refractivity contribution in [2.45, 2.75) is 0 Å². The fourth-order valence-corrected chi connectivity index (χ4v) is 2.74. The van der Waals surface area contributed by atoms with E-state index in [0.717, 1.165) is 5.56 Å². The maximum Gasteiger partial charge on any atom is 0.248 e. The van der Waals surface area contributed by atoms with Crippen molar-refractivity contribution in [1.29, 1.82) is 0 Å². The molecule has 0 bridgehead atoms. The van der Waals surface area contributed by atoms with Crippen LogP contribution in [0.3, 0.4) is 0 Å². The van der Waals surface area contributed by atoms with Gasteiger partial charge >= 0.3 is 0 Å². The van der Waals surface area contributed by atoms with Crippen molar-refractivity contribution < 1.29 is 19.0 Å². The number of nitrogens with zero attached hydrogens (tertiary/aromatic N) is 4. The van der Waals surface area contributed by atoms with Crippen LogP contribution in [0.4, 0.5) is 5.69 Å². The molecule has 0 unspecified atom stereocenters. The third-order valence-electron chi connectivity index (χ3n) is 4.16. The fraction of sp³-hybridized carbons (Fsp3) is 0.200. The number of carbonyl (C=O) groups excluding carboxylic acids is 1. The summed E-state index contributed by atoms with van der Waals surface area (Å²) in [7, 11) is 6.39. The van der Waals surface area contributed by atoms with E-state index in [0.29, 0.717) is 34.3 Å². The van der Waals surface area contributed by atoms with Crippen molar-refractivity contribution in [3.63, 3.8) is 0 Å². The zero-order valence-corrected chi connectivity index (χ0v) is 16.5. The van der Waals surface area contributed by atoms with Crippen LogP contribution >= 0.6 is 0 Å². The molecule has 3 aromatic rings. The standard InChI is InChI=1S/C20H21N5O4/c1-25-20(22-23-24-25)14-6-5-7-15(10-14)21-19(26)9-8-13-11-17(28-3)18(29-4)12-16(13)27-2/h5-12H,1-4H3,(H,21,26)/b9-8+. The lowest BCUT2D eigenvalue weighted by atomic mass is 10.1. The normalized spacial score (nSPS) is 10.8. The Hall–Kier alpha value is -3.88. The van der Waals surface area contributed by atoms with Crippen LogP contribution in [0, 0.1) is 0 Å². The first kappa shape index (κ1) is 19.9. The van der Waals surface area contributed by atoms with Gasteiger partial charge in [0.15, 0.2) is 17.3 Å². The van der Waals surface area contributed by atoms with Gasteiger partial charge in [-0.05, 0) is 34.7 Å². The van der Waals surface area contributed by atoms with Crippen LogP contribution in [0.1, 0.15) is 5.56 Å². The summed E-state index contributed by atoms with van der Waals surface area (Å²) in [4.78, 5) is 12.4. The lowest BCUT2D eigenvalue weighted by molar-refractivity contribution is -0.111. The molecular formula is C20H21N5O4. The first-order chi connectivity index (χ1) is 14.0. The zero-order valence-electron chi connectivity index (χ0n) is 16.5. The monoisotopic (exact) mass is 395 g/mol. The highest BCUT2D eigenvalue weighted by Crippen LogP contribution is 2.35. The summed E-state index contributed by atoms with van der Waals surface area (Å²) in [5.41, 5.74) is 2.10. The Labute approximate surface area is 167 Å². The van der Waals surface area contributed by atoms with Crippen LogP contribution < -0.4 is 19.5 Å². The Morgan fingerprint density at radius 1 is 1.03 bits per heavy atom. The first-order valence-corrected chi connectivity index (χ1v) is 8.67. The Balaban J connectivity index is 1.78. The molecule has 0 aliphatic heterocycles. The van der Waals surface area contributed by atoms with Crippen molar-refractivity contribution in [1.82, 2.24) is 20.2 Å². The maximum absolute atomic E-state index is 12.4. The van der Waals surface area contributed by atoms with Gasteiger partial charge in [0.05, 0.1) is 21.3 Å². The molecule has 0 aliphatic rings. The predicted octanol–water partition coefficient (Wildman–Crippen LogP) is 2.55. The fourth-order valence-electron chi connectivity index (χ4n) is 2.74. The number of carbonyl (C=O) groups is 1. The van der Waals surface area contributed by atoms with E-state index in [1.54, 1.807) is 63.4 Å². The van der Waals surface area contributed by atoms with Crippen molar-refractivity contribution in [2.24, 2.45) is 7.05 Å². The molecule has 0 saturated carbocycles. The third kappa shape index (κ3) is 4.52. The number of hydrogen-bond donors (Lipinski definition) is 1. The van der Waals surface area contributed by atoms with Crippen molar-refractivity contribution >= 4 is 17.7 Å². The molecule has 1 heterocycles. The average Bonchev–Trinajstić information content (AvgIpc) is 3.17. The number of hydrogen-bond acceptors (Lipinski definition) is 7. The van der Waals surface area contributed by atoms with E-state index < -0.39 is 0 Å². The number of tetrazole rings is 1. The summed E-state index contributed by atoms with van der Waals surface area (Å²) in [5, 5.41) is 14.2. The van der Waals surface area contributed by atoms with E-state index in [1.165, 1.54) is 6.08 Å². The summed E-state index contributed by atoms with van der Waals surface area (Å²) < 4.78 is 17.5. The van der Waals surface area contributed by atoms with E-state index in [-0.39, 0.29) is 5.91 Å². The number of aryl methyl sites for hydroxylation is 1. The number of ether oxygens (including phenoxy) is 3. The molecule has 9 nitrogen and oxygen atoms in total. The second-order valence-corrected chi connectivity index (χ2v) is 5.98. The molecule has 0 radical (unpaired) electrons. The van der Waals surface area contributed by atoms with Gasteiger partial charge in [-0.1, -0.05) is 12.1 Å². The van der Waals surface area contributed by atoms with Crippen LogP contribution in [0.15, 0.2) is 42.5 Å². The summed E-state index contributed by atoms with van der Waals surface area (Å²) in [6.07, 6.45) is 3.06. The number of amides is 1. The summed E-state index contributed by atoms with van der Waals surface area (Å²) in [5.74, 6) is 1.95. The number of anilines is 1. The highest BCUT2D eigenvalue weighted by Gasteiger charge is 2.11. The minimum atomic E-state index is -0.296. The maximum atomic E-state index is 12.4. The average molecular weight is 395 g/mol. The molecule has 150 valence electrons. The number of methoxy groups -OCH3 is 3. The molecular weight excluding hydrogens is 374 g/mol. The quantitative estimate of drug-likeness (QED) is 0.614. The van der Waals surface area contributed by atoms with Crippen LogP contribution in [-0.4, -0.2) is 47.4 Å². The van der Waals surface area contributed by atoms with Crippen molar-refractivity contribution in [3.8, 4) is 28.6 Å². The topological polar surface area (TPSA) is 100 Å². The minimum absolute atomic E-state index is 0.296. The zero-order chi connectivity index (χ0) is 20.8. The second-order valence-electron chi connectivity index (χ2n) is 5.98. The van der Waals surface area contributed by atoms with Gasteiger partial charge in [0.25, 0.3) is 0 Å². The predicted molar refractivity (Wildman–Crippen MR) is 108 cm³/mol. The van der Waals surface area contributed by atoms with Gasteiger partial charge in [-0.15, -0.1) is 5.10 Å². The Morgan fingerprint density at radius 2 is 1.76 bits per heavy atom. The lowest BCUT2D eigenvalue weighted by Gasteiger charge is -2.12. The van der Waals surface area contributed by atoms with Crippen LogP contribution in [0.5, 0.6) is 17.2 Å². The van der Waals surface area contributed by atoms with Gasteiger partial charge in [0.1, 0.15) is 5.75 Å². The van der Waals surface area contributed by atoms with Gasteiger partial charge in [-0.2, -0.15) is 0 Å². The van der Waals surface area contributed by atoms with Gasteiger partial charge in [0.2, 0.25) is 5.91 Å². The SMILES string of the molecule is COc1cc(OC)c(OC)cc1/C=C/C(=O)Nc1cccc(-c2nnnn2C)c1. The number of aromatic nitrogens is 4. The van der Waals surface area contributed by atoms with E-state index in [2.05, 4.69) is 20.8 Å². The largest absolute Gasteiger partial charge is 0.496 e. The molecule has 2 aromatic carbocycles. The van der Waals surface area contributed by atoms with E-state index >= 15 is 0 Å². The Morgan fingerprint density at radius 3 is 2.41 bits per heavy atom. The van der Waals surface area contributed by atoms with Gasteiger partial charge in [-0.3, -0.25) is 4.79 Å². The van der Waals surface area contributed by atoms with E-state index in [1.807, 2.05) is 12.1 Å². The number of nitrogens with one attached hydrogen (secondary N) is 1.